The van der Waals surface area contributed by atoms with Crippen LogP contribution in [-0.2, 0) is 4.79 Å². The van der Waals surface area contributed by atoms with Gasteiger partial charge in [-0.15, -0.1) is 0 Å². The van der Waals surface area contributed by atoms with Crippen molar-refractivity contribution < 1.29 is 4.79 Å². The number of carbonyl (C=O) groups excluding carboxylic acids is 1. The molecule has 1 fully saturated rings. The minimum atomic E-state index is 0.318. The summed E-state index contributed by atoms with van der Waals surface area (Å²) in [6, 6.07) is 0.358. The molecule has 1 heterocycles. The van der Waals surface area contributed by atoms with Crippen LogP contribution in [0, 0.1) is 5.41 Å². The average Bonchev–Trinajstić information content (AvgIpc) is 1.94. The number of nitrogens with zero attached hydrogens (tertiary/aromatic N) is 1. The molecule has 0 aliphatic carbocycles. The third-order valence-corrected chi connectivity index (χ3v) is 2.56. The molecule has 1 aliphatic rings. The van der Waals surface area contributed by atoms with Crippen LogP contribution in [0.4, 0.5) is 0 Å². The Bertz CT molecular complexity index is 184. The first kappa shape index (κ1) is 9.56. The zero-order valence-electron chi connectivity index (χ0n) is 8.55. The van der Waals surface area contributed by atoms with Crippen LogP contribution in [0.2, 0.25) is 0 Å². The number of amides is 1. The van der Waals surface area contributed by atoms with Gasteiger partial charge < -0.3 is 4.90 Å². The monoisotopic (exact) mass is 169 g/mol. The second-order valence-corrected chi connectivity index (χ2v) is 4.78. The second-order valence-electron chi connectivity index (χ2n) is 4.78. The van der Waals surface area contributed by atoms with Crippen LogP contribution in [0.15, 0.2) is 0 Å². The van der Waals surface area contributed by atoms with E-state index >= 15 is 0 Å². The van der Waals surface area contributed by atoms with E-state index in [2.05, 4.69) is 27.7 Å². The highest BCUT2D eigenvalue weighted by molar-refractivity contribution is 5.77. The van der Waals surface area contributed by atoms with Crippen LogP contribution < -0.4 is 0 Å². The van der Waals surface area contributed by atoms with Gasteiger partial charge in [-0.1, -0.05) is 13.8 Å². The smallest absolute Gasteiger partial charge is 0.222 e. The van der Waals surface area contributed by atoms with E-state index in [1.54, 1.807) is 0 Å². The molecule has 0 spiro atoms. The molecule has 1 aliphatic heterocycles. The summed E-state index contributed by atoms with van der Waals surface area (Å²) in [6.45, 7) is 9.55. The molecule has 0 unspecified atom stereocenters. The van der Waals surface area contributed by atoms with Crippen LogP contribution >= 0.6 is 0 Å². The Morgan fingerprint density at radius 2 is 2.00 bits per heavy atom. The summed E-state index contributed by atoms with van der Waals surface area (Å²) in [7, 11) is 0. The first-order valence-corrected chi connectivity index (χ1v) is 4.72. The second kappa shape index (κ2) is 3.08. The van der Waals surface area contributed by atoms with Crippen molar-refractivity contribution in [3.05, 3.63) is 0 Å². The van der Waals surface area contributed by atoms with Crippen molar-refractivity contribution in [2.24, 2.45) is 5.41 Å². The molecule has 0 N–H and O–H groups in total. The molecule has 0 aromatic carbocycles. The summed E-state index contributed by atoms with van der Waals surface area (Å²) in [5.74, 6) is 0.323. The lowest BCUT2D eigenvalue weighted by molar-refractivity contribution is -0.138. The first-order chi connectivity index (χ1) is 5.42. The Labute approximate surface area is 74.9 Å². The van der Waals surface area contributed by atoms with Gasteiger partial charge in [0.25, 0.3) is 0 Å². The normalized spacial score (nSPS) is 23.4. The maximum absolute atomic E-state index is 11.4. The third-order valence-electron chi connectivity index (χ3n) is 2.56. The molecule has 0 aromatic rings. The number of rotatable bonds is 1. The molecule has 2 heteroatoms. The lowest BCUT2D eigenvalue weighted by Gasteiger charge is -2.40. The maximum Gasteiger partial charge on any atom is 0.222 e. The van der Waals surface area contributed by atoms with E-state index in [9.17, 15) is 4.79 Å². The minimum absolute atomic E-state index is 0.318. The van der Waals surface area contributed by atoms with Crippen LogP contribution in [0.1, 0.15) is 40.5 Å². The predicted molar refractivity (Wildman–Crippen MR) is 49.9 cm³/mol. The van der Waals surface area contributed by atoms with Crippen LogP contribution in [0.5, 0.6) is 0 Å². The van der Waals surface area contributed by atoms with Crippen molar-refractivity contribution in [1.29, 1.82) is 0 Å². The quantitative estimate of drug-likeness (QED) is 0.588. The number of hydrogen-bond acceptors (Lipinski definition) is 1. The molecule has 12 heavy (non-hydrogen) atoms. The Balaban J connectivity index is 2.66. The SMILES string of the molecule is CC(C)N1CC(C)(C)CCC1=O. The molecule has 0 saturated carbocycles. The first-order valence-electron chi connectivity index (χ1n) is 4.72. The average molecular weight is 169 g/mol. The van der Waals surface area contributed by atoms with Gasteiger partial charge in [-0.3, -0.25) is 4.79 Å². The van der Waals surface area contributed by atoms with Gasteiger partial charge in [-0.2, -0.15) is 0 Å². The third kappa shape index (κ3) is 1.99. The highest BCUT2D eigenvalue weighted by Crippen LogP contribution is 2.29. The highest BCUT2D eigenvalue weighted by Gasteiger charge is 2.31. The van der Waals surface area contributed by atoms with Crippen LogP contribution in [0.3, 0.4) is 0 Å². The van der Waals surface area contributed by atoms with Gasteiger partial charge in [0.15, 0.2) is 0 Å². The molecule has 0 radical (unpaired) electrons. The zero-order valence-corrected chi connectivity index (χ0v) is 8.55. The molecule has 1 saturated heterocycles. The summed E-state index contributed by atoms with van der Waals surface area (Å²) in [4.78, 5) is 13.4. The molecule has 1 amide bonds. The Morgan fingerprint density at radius 3 is 2.42 bits per heavy atom. The van der Waals surface area contributed by atoms with Crippen LogP contribution in [-0.4, -0.2) is 23.4 Å². The van der Waals surface area contributed by atoms with E-state index < -0.39 is 0 Å². The van der Waals surface area contributed by atoms with Crippen molar-refractivity contribution in [3.63, 3.8) is 0 Å². The van der Waals surface area contributed by atoms with E-state index in [0.717, 1.165) is 19.4 Å². The zero-order chi connectivity index (χ0) is 9.35. The van der Waals surface area contributed by atoms with Crippen molar-refractivity contribution in [1.82, 2.24) is 4.90 Å². The highest BCUT2D eigenvalue weighted by atomic mass is 16.2. The molecule has 0 bridgehead atoms. The van der Waals surface area contributed by atoms with Gasteiger partial charge in [-0.05, 0) is 25.7 Å². The van der Waals surface area contributed by atoms with Gasteiger partial charge in [-0.25, -0.2) is 0 Å². The summed E-state index contributed by atoms with van der Waals surface area (Å²) >= 11 is 0. The fraction of sp³-hybridized carbons (Fsp3) is 0.900. The van der Waals surface area contributed by atoms with Gasteiger partial charge in [0, 0.05) is 19.0 Å². The molecule has 0 aromatic heterocycles. The predicted octanol–water partition coefficient (Wildman–Crippen LogP) is 2.04. The standard InChI is InChI=1S/C10H19NO/c1-8(2)11-7-10(3,4)6-5-9(11)12/h8H,5-7H2,1-4H3. The molecular weight excluding hydrogens is 150 g/mol. The fourth-order valence-corrected chi connectivity index (χ4v) is 1.69. The largest absolute Gasteiger partial charge is 0.340 e. The number of carbonyl (C=O) groups is 1. The molecular formula is C10H19NO. The van der Waals surface area contributed by atoms with Crippen LogP contribution in [0.25, 0.3) is 0 Å². The van der Waals surface area contributed by atoms with Gasteiger partial charge >= 0.3 is 0 Å². The van der Waals surface area contributed by atoms with Crippen molar-refractivity contribution in [2.75, 3.05) is 6.54 Å². The van der Waals surface area contributed by atoms with E-state index in [1.807, 2.05) is 4.90 Å². The minimum Gasteiger partial charge on any atom is -0.340 e. The number of piperidine rings is 1. The Morgan fingerprint density at radius 1 is 1.42 bits per heavy atom. The van der Waals surface area contributed by atoms with Crippen molar-refractivity contribution >= 4 is 5.91 Å². The van der Waals surface area contributed by atoms with Gasteiger partial charge in [0.1, 0.15) is 0 Å². The summed E-state index contributed by atoms with van der Waals surface area (Å²) < 4.78 is 0. The maximum atomic E-state index is 11.4. The summed E-state index contributed by atoms with van der Waals surface area (Å²) in [6.07, 6.45) is 1.76. The van der Waals surface area contributed by atoms with E-state index in [-0.39, 0.29) is 0 Å². The Hall–Kier alpha value is -0.530. The molecule has 1 rings (SSSR count). The molecule has 2 nitrogen and oxygen atoms in total. The summed E-state index contributed by atoms with van der Waals surface area (Å²) in [5.41, 5.74) is 0.318. The van der Waals surface area contributed by atoms with E-state index in [1.165, 1.54) is 0 Å². The molecule has 0 atom stereocenters. The van der Waals surface area contributed by atoms with E-state index in [0.29, 0.717) is 17.4 Å². The van der Waals surface area contributed by atoms with Crippen molar-refractivity contribution in [3.8, 4) is 0 Å². The Kier molecular flexibility index (Phi) is 2.45. The topological polar surface area (TPSA) is 20.3 Å². The number of hydrogen-bond donors (Lipinski definition) is 0. The van der Waals surface area contributed by atoms with Crippen molar-refractivity contribution in [2.45, 2.75) is 46.6 Å². The lowest BCUT2D eigenvalue weighted by atomic mass is 9.83. The molecule has 70 valence electrons. The van der Waals surface area contributed by atoms with Gasteiger partial charge in [0.2, 0.25) is 5.91 Å². The van der Waals surface area contributed by atoms with Gasteiger partial charge in [0.05, 0.1) is 0 Å². The number of likely N-dealkylation sites (tertiary alicyclic amines) is 1. The summed E-state index contributed by atoms with van der Waals surface area (Å²) in [5, 5.41) is 0. The fourth-order valence-electron chi connectivity index (χ4n) is 1.69. The van der Waals surface area contributed by atoms with E-state index in [4.69, 9.17) is 0 Å². The lowest BCUT2D eigenvalue weighted by Crippen LogP contribution is -2.47.